The lowest BCUT2D eigenvalue weighted by Crippen LogP contribution is -2.36. The normalized spacial score (nSPS) is 13.6. The van der Waals surface area contributed by atoms with Crippen LogP contribution >= 0.6 is 0 Å². The lowest BCUT2D eigenvalue weighted by Gasteiger charge is -2.19. The summed E-state index contributed by atoms with van der Waals surface area (Å²) in [6, 6.07) is 13.1. The summed E-state index contributed by atoms with van der Waals surface area (Å²) in [5.41, 5.74) is 1.95. The van der Waals surface area contributed by atoms with Crippen molar-refractivity contribution in [3.8, 4) is 17.2 Å². The molecule has 0 spiro atoms. The molecule has 0 saturated carbocycles. The number of urea groups is 1. The molecule has 6 nitrogen and oxygen atoms in total. The van der Waals surface area contributed by atoms with Crippen LogP contribution < -0.4 is 24.8 Å². The van der Waals surface area contributed by atoms with Gasteiger partial charge in [-0.15, -0.1) is 0 Å². The van der Waals surface area contributed by atoms with Crippen LogP contribution in [0.1, 0.15) is 31.0 Å². The Kier molecular flexibility index (Phi) is 5.84. The van der Waals surface area contributed by atoms with E-state index < -0.39 is 0 Å². The first-order valence-corrected chi connectivity index (χ1v) is 8.81. The second kappa shape index (κ2) is 8.47. The van der Waals surface area contributed by atoms with Gasteiger partial charge >= 0.3 is 6.03 Å². The molecule has 2 N–H and O–H groups in total. The topological polar surface area (TPSA) is 68.8 Å². The number of hydrogen-bond donors (Lipinski definition) is 2. The van der Waals surface area contributed by atoms with Crippen molar-refractivity contribution in [3.05, 3.63) is 53.6 Å². The van der Waals surface area contributed by atoms with E-state index in [0.717, 1.165) is 28.4 Å². The fourth-order valence-electron chi connectivity index (χ4n) is 2.75. The van der Waals surface area contributed by atoms with Gasteiger partial charge in [0.1, 0.15) is 19.0 Å². The molecule has 0 fully saturated rings. The molecule has 0 radical (unpaired) electrons. The molecule has 0 aliphatic carbocycles. The molecule has 3 rings (SSSR count). The Balaban J connectivity index is 1.53. The maximum Gasteiger partial charge on any atom is 0.315 e. The number of nitrogens with one attached hydrogen (secondary N) is 2. The lowest BCUT2D eigenvalue weighted by molar-refractivity contribution is 0.171. The van der Waals surface area contributed by atoms with Crippen LogP contribution in [-0.2, 0) is 6.54 Å². The summed E-state index contributed by atoms with van der Waals surface area (Å²) in [6.45, 7) is 6.02. The SMILES string of the molecule is CCOc1cccc(C(C)NC(=O)NCc2ccc3c(c2)OCCO3)c1. The number of ether oxygens (including phenoxy) is 3. The zero-order valence-corrected chi connectivity index (χ0v) is 15.1. The summed E-state index contributed by atoms with van der Waals surface area (Å²) >= 11 is 0. The van der Waals surface area contributed by atoms with Crippen LogP contribution in [0.2, 0.25) is 0 Å². The van der Waals surface area contributed by atoms with Crippen molar-refractivity contribution in [2.24, 2.45) is 0 Å². The minimum atomic E-state index is -0.228. The molecule has 138 valence electrons. The monoisotopic (exact) mass is 356 g/mol. The van der Waals surface area contributed by atoms with Crippen LogP contribution in [0.15, 0.2) is 42.5 Å². The zero-order chi connectivity index (χ0) is 18.4. The van der Waals surface area contributed by atoms with E-state index in [-0.39, 0.29) is 12.1 Å². The van der Waals surface area contributed by atoms with E-state index in [1.165, 1.54) is 0 Å². The maximum absolute atomic E-state index is 12.2. The van der Waals surface area contributed by atoms with Crippen LogP contribution in [0.3, 0.4) is 0 Å². The quantitative estimate of drug-likeness (QED) is 0.832. The molecular formula is C20H24N2O4. The highest BCUT2D eigenvalue weighted by Crippen LogP contribution is 2.30. The third-order valence-corrected chi connectivity index (χ3v) is 4.08. The standard InChI is InChI=1S/C20H24N2O4/c1-3-24-17-6-4-5-16(12-17)14(2)22-20(23)21-13-15-7-8-18-19(11-15)26-10-9-25-18/h4-8,11-12,14H,3,9-10,13H2,1-2H3,(H2,21,22,23). The molecule has 2 aromatic rings. The molecular weight excluding hydrogens is 332 g/mol. The lowest BCUT2D eigenvalue weighted by atomic mass is 10.1. The third-order valence-electron chi connectivity index (χ3n) is 4.08. The summed E-state index contributed by atoms with van der Waals surface area (Å²) in [6.07, 6.45) is 0. The van der Waals surface area contributed by atoms with E-state index >= 15 is 0 Å². The summed E-state index contributed by atoms with van der Waals surface area (Å²) in [4.78, 5) is 12.2. The minimum Gasteiger partial charge on any atom is -0.494 e. The second-order valence-corrected chi connectivity index (χ2v) is 6.03. The van der Waals surface area contributed by atoms with Crippen molar-refractivity contribution in [2.45, 2.75) is 26.4 Å². The molecule has 2 amide bonds. The molecule has 1 unspecified atom stereocenters. The van der Waals surface area contributed by atoms with Crippen LogP contribution in [0.5, 0.6) is 17.2 Å². The number of benzene rings is 2. The Labute approximate surface area is 153 Å². The fraction of sp³-hybridized carbons (Fsp3) is 0.350. The van der Waals surface area contributed by atoms with Crippen molar-refractivity contribution in [2.75, 3.05) is 19.8 Å². The average Bonchev–Trinajstić information content (AvgIpc) is 2.66. The van der Waals surface area contributed by atoms with Gasteiger partial charge in [-0.2, -0.15) is 0 Å². The van der Waals surface area contributed by atoms with E-state index in [4.69, 9.17) is 14.2 Å². The number of carbonyl (C=O) groups excluding carboxylic acids is 1. The second-order valence-electron chi connectivity index (χ2n) is 6.03. The van der Waals surface area contributed by atoms with E-state index in [1.54, 1.807) is 0 Å². The van der Waals surface area contributed by atoms with Gasteiger partial charge in [-0.3, -0.25) is 0 Å². The van der Waals surface area contributed by atoms with Gasteiger partial charge in [-0.1, -0.05) is 18.2 Å². The van der Waals surface area contributed by atoms with Crippen LogP contribution in [0, 0.1) is 0 Å². The summed E-state index contributed by atoms with van der Waals surface area (Å²) < 4.78 is 16.6. The molecule has 0 aromatic heterocycles. The van der Waals surface area contributed by atoms with Gasteiger partial charge in [-0.25, -0.2) is 4.79 Å². The molecule has 6 heteroatoms. The minimum absolute atomic E-state index is 0.129. The molecule has 1 atom stereocenters. The van der Waals surface area contributed by atoms with E-state index in [9.17, 15) is 4.79 Å². The predicted octanol–water partition coefficient (Wildman–Crippen LogP) is 3.42. The molecule has 2 aromatic carbocycles. The van der Waals surface area contributed by atoms with Gasteiger partial charge < -0.3 is 24.8 Å². The maximum atomic E-state index is 12.2. The first-order valence-electron chi connectivity index (χ1n) is 8.81. The Bertz CT molecular complexity index is 763. The Hall–Kier alpha value is -2.89. The van der Waals surface area contributed by atoms with Crippen LogP contribution in [-0.4, -0.2) is 25.9 Å². The average molecular weight is 356 g/mol. The van der Waals surface area contributed by atoms with Crippen molar-refractivity contribution in [1.29, 1.82) is 0 Å². The van der Waals surface area contributed by atoms with Gasteiger partial charge in [0, 0.05) is 6.54 Å². The Morgan fingerprint density at radius 3 is 2.77 bits per heavy atom. The number of carbonyl (C=O) groups is 1. The van der Waals surface area contributed by atoms with Gasteiger partial charge in [0.25, 0.3) is 0 Å². The fourth-order valence-corrected chi connectivity index (χ4v) is 2.75. The Morgan fingerprint density at radius 2 is 1.96 bits per heavy atom. The van der Waals surface area contributed by atoms with Gasteiger partial charge in [0.05, 0.1) is 12.6 Å². The summed E-state index contributed by atoms with van der Waals surface area (Å²) in [7, 11) is 0. The van der Waals surface area contributed by atoms with Crippen molar-refractivity contribution >= 4 is 6.03 Å². The van der Waals surface area contributed by atoms with E-state index in [0.29, 0.717) is 26.4 Å². The van der Waals surface area contributed by atoms with Crippen LogP contribution in [0.25, 0.3) is 0 Å². The first kappa shape index (κ1) is 17.9. The highest BCUT2D eigenvalue weighted by Gasteiger charge is 2.13. The summed E-state index contributed by atoms with van der Waals surface area (Å²) in [5, 5.41) is 5.81. The molecule has 1 aliphatic heterocycles. The molecule has 0 saturated heterocycles. The van der Waals surface area contributed by atoms with Gasteiger partial charge in [0.15, 0.2) is 11.5 Å². The van der Waals surface area contributed by atoms with Crippen LogP contribution in [0.4, 0.5) is 4.79 Å². The highest BCUT2D eigenvalue weighted by molar-refractivity contribution is 5.74. The number of rotatable bonds is 6. The van der Waals surface area contributed by atoms with E-state index in [2.05, 4.69) is 10.6 Å². The van der Waals surface area contributed by atoms with E-state index in [1.807, 2.05) is 56.3 Å². The van der Waals surface area contributed by atoms with Gasteiger partial charge in [-0.05, 0) is 49.2 Å². The largest absolute Gasteiger partial charge is 0.494 e. The third kappa shape index (κ3) is 4.59. The van der Waals surface area contributed by atoms with Gasteiger partial charge in [0.2, 0.25) is 0 Å². The van der Waals surface area contributed by atoms with Crippen molar-refractivity contribution in [1.82, 2.24) is 10.6 Å². The predicted molar refractivity (Wildman–Crippen MR) is 98.8 cm³/mol. The number of fused-ring (bicyclic) bond motifs is 1. The number of hydrogen-bond acceptors (Lipinski definition) is 4. The van der Waals surface area contributed by atoms with Crippen molar-refractivity contribution < 1.29 is 19.0 Å². The highest BCUT2D eigenvalue weighted by atomic mass is 16.6. The molecule has 1 heterocycles. The zero-order valence-electron chi connectivity index (χ0n) is 15.1. The smallest absolute Gasteiger partial charge is 0.315 e. The number of amides is 2. The Morgan fingerprint density at radius 1 is 1.15 bits per heavy atom. The molecule has 26 heavy (non-hydrogen) atoms. The first-order chi connectivity index (χ1) is 12.7. The molecule has 0 bridgehead atoms. The molecule has 1 aliphatic rings. The van der Waals surface area contributed by atoms with Crippen molar-refractivity contribution in [3.63, 3.8) is 0 Å². The summed E-state index contributed by atoms with van der Waals surface area (Å²) in [5.74, 6) is 2.26.